The second kappa shape index (κ2) is 25.7. The van der Waals surface area contributed by atoms with Gasteiger partial charge >= 0.3 is 17.9 Å². The van der Waals surface area contributed by atoms with E-state index in [0.29, 0.717) is 6.42 Å². The molecule has 0 fully saturated rings. The van der Waals surface area contributed by atoms with Gasteiger partial charge in [-0.3, -0.25) is 0 Å². The van der Waals surface area contributed by atoms with Gasteiger partial charge in [-0.2, -0.15) is 0 Å². The molecule has 39 heavy (non-hydrogen) atoms. The highest BCUT2D eigenvalue weighted by atomic mass is 16.9. The molecule has 0 aliphatic carbocycles. The normalized spacial score (nSPS) is 13.2. The fourth-order valence-corrected chi connectivity index (χ4v) is 2.66. The number of carbonyl (C=O) groups is 3. The first kappa shape index (κ1) is 36.4. The highest BCUT2D eigenvalue weighted by molar-refractivity contribution is 5.82. The van der Waals surface area contributed by atoms with Crippen LogP contribution in [-0.4, -0.2) is 103 Å². The van der Waals surface area contributed by atoms with Gasteiger partial charge in [-0.05, 0) is 20.8 Å². The number of esters is 3. The van der Waals surface area contributed by atoms with Crippen LogP contribution in [0.1, 0.15) is 34.1 Å². The summed E-state index contributed by atoms with van der Waals surface area (Å²) < 4.78 is 48.8. The van der Waals surface area contributed by atoms with E-state index in [2.05, 4.69) is 0 Å². The lowest BCUT2D eigenvalue weighted by atomic mass is 10.4. The van der Waals surface area contributed by atoms with Crippen molar-refractivity contribution in [1.29, 1.82) is 0 Å². The van der Waals surface area contributed by atoms with E-state index >= 15 is 0 Å². The Morgan fingerprint density at radius 3 is 1.03 bits per heavy atom. The Kier molecular flexibility index (Phi) is 23.9. The lowest BCUT2D eigenvalue weighted by Gasteiger charge is -2.32. The van der Waals surface area contributed by atoms with Crippen LogP contribution in [0.15, 0.2) is 36.5 Å². The van der Waals surface area contributed by atoms with Crippen molar-refractivity contribution in [1.82, 2.24) is 0 Å². The van der Waals surface area contributed by atoms with Gasteiger partial charge in [-0.25, -0.2) is 14.4 Å². The fraction of sp³-hybridized carbons (Fsp3) is 0.667. The minimum atomic E-state index is -1.37. The summed E-state index contributed by atoms with van der Waals surface area (Å²) in [5.41, 5.74) is 0. The Morgan fingerprint density at radius 2 is 0.769 bits per heavy atom. The topological polar surface area (TPSA) is 134 Å². The number of ether oxygens (including phenoxy) is 9. The number of hydrogen-bond donors (Lipinski definition) is 0. The van der Waals surface area contributed by atoms with Gasteiger partial charge in [0.25, 0.3) is 5.97 Å². The van der Waals surface area contributed by atoms with Crippen molar-refractivity contribution in [3.8, 4) is 0 Å². The number of hydrogen-bond acceptors (Lipinski definition) is 12. The maximum atomic E-state index is 11.3. The Bertz CT molecular complexity index is 639. The molecule has 0 bridgehead atoms. The maximum absolute atomic E-state index is 11.3. The van der Waals surface area contributed by atoms with Gasteiger partial charge in [0.15, 0.2) is 0 Å². The molecule has 224 valence electrons. The molecule has 12 heteroatoms. The van der Waals surface area contributed by atoms with Gasteiger partial charge in [-0.15, -0.1) is 0 Å². The maximum Gasteiger partial charge on any atom is 0.330 e. The Labute approximate surface area is 231 Å². The number of allylic oxidation sites excluding steroid dienone is 3. The van der Waals surface area contributed by atoms with Gasteiger partial charge in [0, 0.05) is 24.6 Å². The van der Waals surface area contributed by atoms with Gasteiger partial charge in [-0.1, -0.05) is 25.2 Å². The van der Waals surface area contributed by atoms with E-state index in [0.717, 1.165) is 0 Å². The van der Waals surface area contributed by atoms with Crippen molar-refractivity contribution in [3.63, 3.8) is 0 Å². The summed E-state index contributed by atoms with van der Waals surface area (Å²) in [5, 5.41) is 0. The smallest absolute Gasteiger partial charge is 0.330 e. The standard InChI is InChI=1S/C27H44O12/c1-5-9-24(28)34-18-12-31-15-21-37-27(8-4,38-22-16-32-13-19-35-25(29)10-6-2)39-23-17-33-14-20-36-26(30)11-7-3/h5-7,9-11H,8,12-23H2,1-4H3. The van der Waals surface area contributed by atoms with Crippen LogP contribution in [0.4, 0.5) is 0 Å². The summed E-state index contributed by atoms with van der Waals surface area (Å²) in [5.74, 6) is -2.66. The molecule has 0 aromatic carbocycles. The minimum Gasteiger partial charge on any atom is -0.460 e. The molecule has 0 rings (SSSR count). The molecule has 0 amide bonds. The zero-order valence-corrected chi connectivity index (χ0v) is 23.6. The van der Waals surface area contributed by atoms with E-state index in [9.17, 15) is 14.4 Å². The fourth-order valence-electron chi connectivity index (χ4n) is 2.66. The molecular formula is C27H44O12. The van der Waals surface area contributed by atoms with Crippen LogP contribution in [0.2, 0.25) is 0 Å². The van der Waals surface area contributed by atoms with Gasteiger partial charge < -0.3 is 42.6 Å². The lowest BCUT2D eigenvalue weighted by molar-refractivity contribution is -0.386. The summed E-state index contributed by atoms with van der Waals surface area (Å²) in [6.07, 6.45) is 9.12. The monoisotopic (exact) mass is 560 g/mol. The minimum absolute atomic E-state index is 0.123. The molecule has 0 atom stereocenters. The van der Waals surface area contributed by atoms with Crippen LogP contribution in [0.25, 0.3) is 0 Å². The highest BCUT2D eigenvalue weighted by Gasteiger charge is 2.31. The van der Waals surface area contributed by atoms with Crippen molar-refractivity contribution in [2.24, 2.45) is 0 Å². The van der Waals surface area contributed by atoms with Gasteiger partial charge in [0.1, 0.15) is 19.8 Å². The third-order valence-electron chi connectivity index (χ3n) is 4.41. The van der Waals surface area contributed by atoms with E-state index in [1.165, 1.54) is 18.2 Å². The van der Waals surface area contributed by atoms with Crippen molar-refractivity contribution in [2.45, 2.75) is 40.1 Å². The molecular weight excluding hydrogens is 516 g/mol. The third-order valence-corrected chi connectivity index (χ3v) is 4.41. The van der Waals surface area contributed by atoms with Crippen LogP contribution in [0, 0.1) is 0 Å². The Morgan fingerprint density at radius 1 is 0.487 bits per heavy atom. The largest absolute Gasteiger partial charge is 0.460 e. The molecule has 0 unspecified atom stereocenters. The second-order valence-electron chi connectivity index (χ2n) is 7.42. The average molecular weight is 561 g/mol. The van der Waals surface area contributed by atoms with Crippen molar-refractivity contribution >= 4 is 17.9 Å². The molecule has 0 heterocycles. The van der Waals surface area contributed by atoms with E-state index in [4.69, 9.17) is 42.6 Å². The van der Waals surface area contributed by atoms with Gasteiger partial charge in [0.05, 0.1) is 59.5 Å². The van der Waals surface area contributed by atoms with Crippen LogP contribution < -0.4 is 0 Å². The SMILES string of the molecule is CC=CC(=O)OCCOCCOC(CC)(OCCOCCOC(=O)C=CC)OCCOCCOC(=O)C=CC. The van der Waals surface area contributed by atoms with Gasteiger partial charge in [0.2, 0.25) is 0 Å². The number of carbonyl (C=O) groups excluding carboxylic acids is 3. The van der Waals surface area contributed by atoms with Crippen molar-refractivity contribution < 1.29 is 57.0 Å². The molecule has 0 N–H and O–H groups in total. The van der Waals surface area contributed by atoms with Crippen LogP contribution in [-0.2, 0) is 57.0 Å². The second-order valence-corrected chi connectivity index (χ2v) is 7.42. The average Bonchev–Trinajstić information content (AvgIpc) is 2.91. The highest BCUT2D eigenvalue weighted by Crippen LogP contribution is 2.20. The van der Waals surface area contributed by atoms with Crippen LogP contribution in [0.3, 0.4) is 0 Å². The molecule has 0 aliphatic heterocycles. The zero-order chi connectivity index (χ0) is 29.0. The van der Waals surface area contributed by atoms with E-state index in [1.807, 2.05) is 6.92 Å². The van der Waals surface area contributed by atoms with E-state index in [-0.39, 0.29) is 79.3 Å². The summed E-state index contributed by atoms with van der Waals surface area (Å²) in [4.78, 5) is 33.9. The Hall–Kier alpha value is -2.61. The number of rotatable bonds is 25. The van der Waals surface area contributed by atoms with Crippen molar-refractivity contribution in [2.75, 3.05) is 79.3 Å². The Balaban J connectivity index is 4.47. The van der Waals surface area contributed by atoms with Crippen LogP contribution in [0.5, 0.6) is 0 Å². The summed E-state index contributed by atoms with van der Waals surface area (Å²) in [6, 6.07) is 0. The zero-order valence-electron chi connectivity index (χ0n) is 23.6. The predicted molar refractivity (Wildman–Crippen MR) is 141 cm³/mol. The molecule has 0 spiro atoms. The molecule has 0 aromatic rings. The summed E-state index contributed by atoms with van der Waals surface area (Å²) in [6.45, 7) is 9.15. The lowest BCUT2D eigenvalue weighted by Crippen LogP contribution is -2.41. The molecule has 0 radical (unpaired) electrons. The molecule has 0 saturated carbocycles. The molecule has 0 aromatic heterocycles. The molecule has 0 aliphatic rings. The first-order valence-electron chi connectivity index (χ1n) is 13.0. The van der Waals surface area contributed by atoms with E-state index in [1.54, 1.807) is 39.0 Å². The first-order valence-corrected chi connectivity index (χ1v) is 13.0. The predicted octanol–water partition coefficient (Wildman–Crippen LogP) is 2.51. The van der Waals surface area contributed by atoms with E-state index < -0.39 is 23.9 Å². The first-order chi connectivity index (χ1) is 18.9. The quantitative estimate of drug-likeness (QED) is 0.0534. The summed E-state index contributed by atoms with van der Waals surface area (Å²) >= 11 is 0. The van der Waals surface area contributed by atoms with Crippen molar-refractivity contribution in [3.05, 3.63) is 36.5 Å². The molecule has 12 nitrogen and oxygen atoms in total. The third kappa shape index (κ3) is 22.0. The summed E-state index contributed by atoms with van der Waals surface area (Å²) in [7, 11) is 0. The van der Waals surface area contributed by atoms with Crippen LogP contribution >= 0.6 is 0 Å². The molecule has 0 saturated heterocycles.